The van der Waals surface area contributed by atoms with Crippen LogP contribution >= 0.6 is 15.9 Å². The monoisotopic (exact) mass is 282 g/mol. The highest BCUT2D eigenvalue weighted by atomic mass is 79.9. The molecule has 0 spiro atoms. The number of rotatable bonds is 5. The molecule has 1 aromatic rings. The van der Waals surface area contributed by atoms with E-state index in [4.69, 9.17) is 5.84 Å². The molecule has 0 bridgehead atoms. The van der Waals surface area contributed by atoms with Gasteiger partial charge in [-0.25, -0.2) is 0 Å². The van der Waals surface area contributed by atoms with E-state index in [1.54, 1.807) is 0 Å². The average Bonchev–Trinajstić information content (AvgIpc) is 2.29. The Labute approximate surface area is 106 Å². The van der Waals surface area contributed by atoms with E-state index in [9.17, 15) is 0 Å². The summed E-state index contributed by atoms with van der Waals surface area (Å²) in [5, 5.41) is 0. The second-order valence-electron chi connectivity index (χ2n) is 3.98. The molecular formula is C13H19BrN2. The third kappa shape index (κ3) is 3.17. The van der Waals surface area contributed by atoms with Crippen molar-refractivity contribution < 1.29 is 0 Å². The zero-order chi connectivity index (χ0) is 12.1. The smallest absolute Gasteiger partial charge is 0.0499 e. The minimum atomic E-state index is 0.143. The minimum Gasteiger partial charge on any atom is -0.271 e. The van der Waals surface area contributed by atoms with Gasteiger partial charge in [0.2, 0.25) is 0 Å². The lowest BCUT2D eigenvalue weighted by atomic mass is 9.95. The molecular weight excluding hydrogens is 264 g/mol. The molecule has 0 fully saturated rings. The minimum absolute atomic E-state index is 0.143. The maximum atomic E-state index is 5.62. The van der Waals surface area contributed by atoms with Gasteiger partial charge in [-0.3, -0.25) is 11.3 Å². The molecule has 1 atom stereocenters. The lowest BCUT2D eigenvalue weighted by Crippen LogP contribution is -2.28. The molecule has 0 aliphatic carbocycles. The van der Waals surface area contributed by atoms with Gasteiger partial charge in [0.25, 0.3) is 0 Å². The normalized spacial score (nSPS) is 12.5. The van der Waals surface area contributed by atoms with E-state index in [1.165, 1.54) is 16.7 Å². The summed E-state index contributed by atoms with van der Waals surface area (Å²) >= 11 is 3.54. The van der Waals surface area contributed by atoms with Crippen LogP contribution in [0.15, 0.2) is 34.8 Å². The van der Waals surface area contributed by atoms with E-state index in [0.717, 1.165) is 17.3 Å². The van der Waals surface area contributed by atoms with Crippen molar-refractivity contribution in [2.75, 3.05) is 0 Å². The lowest BCUT2D eigenvalue weighted by Gasteiger charge is -2.20. The van der Waals surface area contributed by atoms with Crippen LogP contribution in [-0.4, -0.2) is 0 Å². The topological polar surface area (TPSA) is 38.0 Å². The number of nitrogens with one attached hydrogen (secondary N) is 1. The standard InChI is InChI=1S/C13H19BrN2/c1-4-9(2)8-13(16-15)11-6-5-7-12(14)10(11)3/h5-7,13,16H,2,4,8,15H2,1,3H3. The molecule has 16 heavy (non-hydrogen) atoms. The number of halogens is 1. The summed E-state index contributed by atoms with van der Waals surface area (Å²) in [7, 11) is 0. The van der Waals surface area contributed by atoms with Gasteiger partial charge < -0.3 is 0 Å². The first kappa shape index (κ1) is 13.4. The van der Waals surface area contributed by atoms with E-state index in [-0.39, 0.29) is 6.04 Å². The molecule has 0 saturated carbocycles. The summed E-state index contributed by atoms with van der Waals surface area (Å²) in [6.45, 7) is 8.24. The van der Waals surface area contributed by atoms with Gasteiger partial charge in [-0.15, -0.1) is 0 Å². The van der Waals surface area contributed by atoms with Crippen LogP contribution in [0.25, 0.3) is 0 Å². The van der Waals surface area contributed by atoms with Crippen LogP contribution in [0.2, 0.25) is 0 Å². The Bertz CT molecular complexity index is 374. The lowest BCUT2D eigenvalue weighted by molar-refractivity contribution is 0.542. The second kappa shape index (κ2) is 6.18. The molecule has 1 aromatic carbocycles. The summed E-state index contributed by atoms with van der Waals surface area (Å²) in [4.78, 5) is 0. The molecule has 3 heteroatoms. The molecule has 0 heterocycles. The largest absolute Gasteiger partial charge is 0.271 e. The Morgan fingerprint density at radius 2 is 2.25 bits per heavy atom. The summed E-state index contributed by atoms with van der Waals surface area (Å²) in [6, 6.07) is 6.32. The predicted molar refractivity (Wildman–Crippen MR) is 73.0 cm³/mol. The maximum absolute atomic E-state index is 5.62. The van der Waals surface area contributed by atoms with Crippen molar-refractivity contribution in [2.45, 2.75) is 32.7 Å². The summed E-state index contributed by atoms with van der Waals surface area (Å²) in [5.74, 6) is 5.62. The molecule has 88 valence electrons. The van der Waals surface area contributed by atoms with Crippen LogP contribution in [-0.2, 0) is 0 Å². The predicted octanol–water partition coefficient (Wildman–Crippen LogP) is 3.62. The molecule has 3 N–H and O–H groups in total. The second-order valence-corrected chi connectivity index (χ2v) is 4.84. The summed E-state index contributed by atoms with van der Waals surface area (Å²) in [6.07, 6.45) is 1.87. The summed E-state index contributed by atoms with van der Waals surface area (Å²) in [5.41, 5.74) is 6.54. The highest BCUT2D eigenvalue weighted by Crippen LogP contribution is 2.28. The van der Waals surface area contributed by atoms with E-state index < -0.39 is 0 Å². The van der Waals surface area contributed by atoms with Crippen molar-refractivity contribution in [3.63, 3.8) is 0 Å². The van der Waals surface area contributed by atoms with Crippen molar-refractivity contribution >= 4 is 15.9 Å². The number of hydrazine groups is 1. The summed E-state index contributed by atoms with van der Waals surface area (Å²) < 4.78 is 1.12. The van der Waals surface area contributed by atoms with Gasteiger partial charge in [0, 0.05) is 10.5 Å². The van der Waals surface area contributed by atoms with Gasteiger partial charge in [-0.1, -0.05) is 47.1 Å². The van der Waals surface area contributed by atoms with Gasteiger partial charge in [-0.05, 0) is 37.0 Å². The molecule has 1 unspecified atom stereocenters. The van der Waals surface area contributed by atoms with E-state index in [1.807, 2.05) is 12.1 Å². The number of hydrogen-bond donors (Lipinski definition) is 2. The van der Waals surface area contributed by atoms with E-state index in [0.29, 0.717) is 0 Å². The van der Waals surface area contributed by atoms with Gasteiger partial charge >= 0.3 is 0 Å². The third-order valence-electron chi connectivity index (χ3n) is 2.88. The van der Waals surface area contributed by atoms with Crippen molar-refractivity contribution in [3.8, 4) is 0 Å². The third-order valence-corrected chi connectivity index (χ3v) is 3.74. The molecule has 1 rings (SSSR count). The SMILES string of the molecule is C=C(CC)CC(NN)c1cccc(Br)c1C. The molecule has 0 radical (unpaired) electrons. The average molecular weight is 283 g/mol. The van der Waals surface area contributed by atoms with E-state index in [2.05, 4.69) is 47.8 Å². The van der Waals surface area contributed by atoms with Crippen LogP contribution in [0.3, 0.4) is 0 Å². The van der Waals surface area contributed by atoms with Crippen molar-refractivity contribution in [1.29, 1.82) is 0 Å². The Morgan fingerprint density at radius 3 is 2.81 bits per heavy atom. The van der Waals surface area contributed by atoms with Gasteiger partial charge in [0.05, 0.1) is 0 Å². The molecule has 2 nitrogen and oxygen atoms in total. The number of nitrogens with two attached hydrogens (primary N) is 1. The van der Waals surface area contributed by atoms with Crippen LogP contribution in [0, 0.1) is 6.92 Å². The zero-order valence-corrected chi connectivity index (χ0v) is 11.5. The first-order valence-corrected chi connectivity index (χ1v) is 6.27. The van der Waals surface area contributed by atoms with Crippen LogP contribution < -0.4 is 11.3 Å². The molecule has 0 amide bonds. The molecule has 0 aromatic heterocycles. The molecule has 0 aliphatic rings. The Balaban J connectivity index is 2.95. The maximum Gasteiger partial charge on any atom is 0.0499 e. The fourth-order valence-corrected chi connectivity index (χ4v) is 2.07. The number of benzene rings is 1. The zero-order valence-electron chi connectivity index (χ0n) is 9.89. The van der Waals surface area contributed by atoms with Gasteiger partial charge in [-0.2, -0.15) is 0 Å². The Hall–Kier alpha value is -0.640. The highest BCUT2D eigenvalue weighted by molar-refractivity contribution is 9.10. The number of hydrogen-bond acceptors (Lipinski definition) is 2. The Morgan fingerprint density at radius 1 is 1.56 bits per heavy atom. The van der Waals surface area contributed by atoms with Gasteiger partial charge in [0.1, 0.15) is 0 Å². The fraction of sp³-hybridized carbons (Fsp3) is 0.385. The van der Waals surface area contributed by atoms with Crippen molar-refractivity contribution in [3.05, 3.63) is 46.0 Å². The van der Waals surface area contributed by atoms with Crippen LogP contribution in [0.1, 0.15) is 36.9 Å². The van der Waals surface area contributed by atoms with E-state index >= 15 is 0 Å². The van der Waals surface area contributed by atoms with Crippen LogP contribution in [0.5, 0.6) is 0 Å². The fourth-order valence-electron chi connectivity index (χ4n) is 1.69. The van der Waals surface area contributed by atoms with Crippen molar-refractivity contribution in [2.24, 2.45) is 5.84 Å². The first-order chi connectivity index (χ1) is 7.60. The van der Waals surface area contributed by atoms with Gasteiger partial charge in [0.15, 0.2) is 0 Å². The first-order valence-electron chi connectivity index (χ1n) is 5.48. The molecule has 0 saturated heterocycles. The Kier molecular flexibility index (Phi) is 5.19. The quantitative estimate of drug-likeness (QED) is 0.492. The van der Waals surface area contributed by atoms with Crippen molar-refractivity contribution in [1.82, 2.24) is 5.43 Å². The highest BCUT2D eigenvalue weighted by Gasteiger charge is 2.13. The molecule has 0 aliphatic heterocycles. The van der Waals surface area contributed by atoms with Crippen LogP contribution in [0.4, 0.5) is 0 Å².